The highest BCUT2D eigenvalue weighted by Gasteiger charge is 2.33. The van der Waals surface area contributed by atoms with E-state index in [9.17, 15) is 0 Å². The molecule has 5 heteroatoms. The van der Waals surface area contributed by atoms with E-state index in [1.54, 1.807) is 0 Å². The molecule has 3 aromatic carbocycles. The third kappa shape index (κ3) is 3.33. The average molecular weight is 451 g/mol. The van der Waals surface area contributed by atoms with E-state index in [-0.39, 0.29) is 5.82 Å². The predicted octanol–water partition coefficient (Wildman–Crippen LogP) is 5.38. The predicted molar refractivity (Wildman–Crippen MR) is 137 cm³/mol. The smallest absolute Gasteiger partial charge is 0.157 e. The molecule has 34 heavy (non-hydrogen) atoms. The van der Waals surface area contributed by atoms with Crippen LogP contribution in [0, 0.1) is 25.1 Å². The molecular formula is C29H27FN4. The number of rotatable bonds is 3. The maximum atomic E-state index is 16.3. The van der Waals surface area contributed by atoms with E-state index in [1.165, 1.54) is 12.8 Å². The van der Waals surface area contributed by atoms with Gasteiger partial charge in [-0.3, -0.25) is 0 Å². The summed E-state index contributed by atoms with van der Waals surface area (Å²) < 4.78 is 16.3. The van der Waals surface area contributed by atoms with Crippen molar-refractivity contribution in [3.05, 3.63) is 65.2 Å². The van der Waals surface area contributed by atoms with Crippen LogP contribution >= 0.6 is 0 Å². The summed E-state index contributed by atoms with van der Waals surface area (Å²) in [7, 11) is 0. The Morgan fingerprint density at radius 1 is 1.09 bits per heavy atom. The molecule has 2 atom stereocenters. The number of halogens is 1. The first-order chi connectivity index (χ1) is 16.6. The molecule has 2 bridgehead atoms. The summed E-state index contributed by atoms with van der Waals surface area (Å²) in [5, 5.41) is 6.35. The molecule has 3 heterocycles. The molecule has 2 unspecified atom stereocenters. The summed E-state index contributed by atoms with van der Waals surface area (Å²) in [6.07, 6.45) is 8.84. The third-order valence-electron chi connectivity index (χ3n) is 7.23. The summed E-state index contributed by atoms with van der Waals surface area (Å²) in [4.78, 5) is 11.9. The number of fused-ring (bicyclic) bond motifs is 4. The lowest BCUT2D eigenvalue weighted by molar-refractivity contribution is 0.464. The van der Waals surface area contributed by atoms with Crippen LogP contribution in [0.25, 0.3) is 32.8 Å². The minimum absolute atomic E-state index is 0.312. The lowest BCUT2D eigenvalue weighted by Gasteiger charge is -2.34. The zero-order valence-corrected chi connectivity index (χ0v) is 19.5. The molecule has 1 N–H and O–H groups in total. The highest BCUT2D eigenvalue weighted by molar-refractivity contribution is 6.03. The van der Waals surface area contributed by atoms with Crippen molar-refractivity contribution in [3.63, 3.8) is 0 Å². The number of anilines is 1. The molecule has 6 rings (SSSR count). The highest BCUT2D eigenvalue weighted by atomic mass is 19.1. The van der Waals surface area contributed by atoms with Crippen LogP contribution in [-0.2, 0) is 6.42 Å². The van der Waals surface area contributed by atoms with E-state index in [2.05, 4.69) is 27.2 Å². The van der Waals surface area contributed by atoms with E-state index in [0.29, 0.717) is 35.4 Å². The molecule has 0 saturated carbocycles. The molecule has 2 aliphatic rings. The maximum absolute atomic E-state index is 16.3. The van der Waals surface area contributed by atoms with Crippen LogP contribution in [-0.4, -0.2) is 35.1 Å². The molecular weight excluding hydrogens is 423 g/mol. The van der Waals surface area contributed by atoms with Crippen LogP contribution in [0.3, 0.4) is 0 Å². The third-order valence-corrected chi connectivity index (χ3v) is 7.23. The minimum Gasteiger partial charge on any atom is -0.353 e. The number of nitrogens with zero attached hydrogens (tertiary/aromatic N) is 3. The van der Waals surface area contributed by atoms with Gasteiger partial charge < -0.3 is 10.2 Å². The fraction of sp³-hybridized carbons (Fsp3) is 0.310. The van der Waals surface area contributed by atoms with Gasteiger partial charge in [0.05, 0.1) is 0 Å². The van der Waals surface area contributed by atoms with Crippen molar-refractivity contribution in [1.29, 1.82) is 0 Å². The minimum atomic E-state index is -0.312. The molecule has 2 aliphatic heterocycles. The van der Waals surface area contributed by atoms with Crippen molar-refractivity contribution in [2.24, 2.45) is 0 Å². The van der Waals surface area contributed by atoms with Crippen molar-refractivity contribution in [2.75, 3.05) is 18.0 Å². The van der Waals surface area contributed by atoms with E-state index in [1.807, 2.05) is 50.2 Å². The number of hydrogen-bond donors (Lipinski definition) is 1. The van der Waals surface area contributed by atoms with Gasteiger partial charge in [-0.05, 0) is 48.4 Å². The molecule has 0 radical (unpaired) electrons. The van der Waals surface area contributed by atoms with Crippen molar-refractivity contribution in [2.45, 2.75) is 45.2 Å². The van der Waals surface area contributed by atoms with Gasteiger partial charge in [-0.2, -0.15) is 0 Å². The second kappa shape index (κ2) is 8.07. The summed E-state index contributed by atoms with van der Waals surface area (Å²) in [6.45, 7) is 5.83. The first kappa shape index (κ1) is 21.1. The fourth-order valence-corrected chi connectivity index (χ4v) is 5.68. The van der Waals surface area contributed by atoms with E-state index in [0.717, 1.165) is 51.8 Å². The Bertz CT molecular complexity index is 1470. The van der Waals surface area contributed by atoms with Gasteiger partial charge in [0.1, 0.15) is 17.2 Å². The Hall–Kier alpha value is -3.49. The second-order valence-electron chi connectivity index (χ2n) is 9.54. The molecule has 4 aromatic rings. The Morgan fingerprint density at radius 3 is 2.62 bits per heavy atom. The van der Waals surface area contributed by atoms with Gasteiger partial charge in [0.2, 0.25) is 0 Å². The van der Waals surface area contributed by atoms with Crippen LogP contribution in [0.2, 0.25) is 0 Å². The number of terminal acetylenes is 1. The van der Waals surface area contributed by atoms with Crippen molar-refractivity contribution in [1.82, 2.24) is 15.3 Å². The molecule has 4 nitrogen and oxygen atoms in total. The first-order valence-corrected chi connectivity index (χ1v) is 12.1. The highest BCUT2D eigenvalue weighted by Crippen LogP contribution is 2.38. The molecule has 1 aromatic heterocycles. The van der Waals surface area contributed by atoms with Crippen molar-refractivity contribution >= 4 is 27.5 Å². The topological polar surface area (TPSA) is 41.0 Å². The van der Waals surface area contributed by atoms with E-state index >= 15 is 4.39 Å². The van der Waals surface area contributed by atoms with Gasteiger partial charge in [-0.15, -0.1) is 6.42 Å². The number of piperazine rings is 1. The van der Waals surface area contributed by atoms with Crippen LogP contribution in [0.5, 0.6) is 0 Å². The molecule has 0 amide bonds. The number of aryl methyl sites for hydroxylation is 2. The summed E-state index contributed by atoms with van der Waals surface area (Å²) in [5.74, 6) is 3.99. The summed E-state index contributed by atoms with van der Waals surface area (Å²) in [6, 6.07) is 14.8. The molecule has 2 fully saturated rings. The average Bonchev–Trinajstić information content (AvgIpc) is 3.20. The number of nitrogens with one attached hydrogen (secondary N) is 1. The normalized spacial score (nSPS) is 19.6. The Morgan fingerprint density at radius 2 is 1.88 bits per heavy atom. The number of hydrogen-bond acceptors (Lipinski definition) is 4. The zero-order valence-electron chi connectivity index (χ0n) is 19.5. The largest absolute Gasteiger partial charge is 0.353 e. The summed E-state index contributed by atoms with van der Waals surface area (Å²) >= 11 is 0. The maximum Gasteiger partial charge on any atom is 0.157 e. The Labute approximate surface area is 199 Å². The van der Waals surface area contributed by atoms with Crippen LogP contribution < -0.4 is 10.2 Å². The van der Waals surface area contributed by atoms with Gasteiger partial charge in [-0.25, -0.2) is 14.4 Å². The van der Waals surface area contributed by atoms with Gasteiger partial charge >= 0.3 is 0 Å². The molecule has 0 aliphatic carbocycles. The standard InChI is InChI=1S/C29H27FN4/c1-4-18-7-6-8-19-13-17(3)14-24(26(18)19)22-11-12-23-28(27(22)30)32-25(5-2)33-29(23)34-15-20-9-10-21(16-34)31-20/h1,6-8,11-14,20-21,31H,5,9-10,15-16H2,2-3H3. The quantitative estimate of drug-likeness (QED) is 0.426. The lowest BCUT2D eigenvalue weighted by atomic mass is 9.92. The SMILES string of the molecule is C#Cc1cccc2cc(C)cc(-c3ccc4c(N5CC6CCC(C5)N6)nc(CC)nc4c3F)c12. The Balaban J connectivity index is 1.58. The van der Waals surface area contributed by atoms with Crippen LogP contribution in [0.4, 0.5) is 10.2 Å². The second-order valence-corrected chi connectivity index (χ2v) is 9.54. The Kier molecular flexibility index (Phi) is 5.00. The van der Waals surface area contributed by atoms with Crippen molar-refractivity contribution in [3.8, 4) is 23.5 Å². The number of benzene rings is 3. The van der Waals surface area contributed by atoms with E-state index < -0.39 is 0 Å². The zero-order chi connectivity index (χ0) is 23.4. The molecule has 170 valence electrons. The number of aromatic nitrogens is 2. The van der Waals surface area contributed by atoms with Gasteiger partial charge in [0.25, 0.3) is 0 Å². The van der Waals surface area contributed by atoms with E-state index in [4.69, 9.17) is 11.4 Å². The summed E-state index contributed by atoms with van der Waals surface area (Å²) in [5.41, 5.74) is 3.54. The first-order valence-electron chi connectivity index (χ1n) is 12.1. The van der Waals surface area contributed by atoms with Gasteiger partial charge in [-0.1, -0.05) is 43.2 Å². The lowest BCUT2D eigenvalue weighted by Crippen LogP contribution is -2.51. The van der Waals surface area contributed by atoms with Crippen LogP contribution in [0.1, 0.15) is 36.7 Å². The van der Waals surface area contributed by atoms with Gasteiger partial charge in [0, 0.05) is 53.5 Å². The van der Waals surface area contributed by atoms with Crippen LogP contribution in [0.15, 0.2) is 42.5 Å². The monoisotopic (exact) mass is 450 g/mol. The van der Waals surface area contributed by atoms with Crippen molar-refractivity contribution < 1.29 is 4.39 Å². The fourth-order valence-electron chi connectivity index (χ4n) is 5.68. The molecule has 0 spiro atoms. The van der Waals surface area contributed by atoms with Gasteiger partial charge in [0.15, 0.2) is 5.82 Å². The molecule has 2 saturated heterocycles.